The van der Waals surface area contributed by atoms with Crippen molar-refractivity contribution in [3.8, 4) is 22.9 Å². The third-order valence-electron chi connectivity index (χ3n) is 7.97. The number of hydrogen-bond donors (Lipinski definition) is 3. The van der Waals surface area contributed by atoms with E-state index >= 15 is 0 Å². The first-order valence-electron chi connectivity index (χ1n) is 14.4. The second-order valence-electron chi connectivity index (χ2n) is 10.8. The number of rotatable bonds is 7. The van der Waals surface area contributed by atoms with Gasteiger partial charge in [-0.05, 0) is 69.0 Å². The van der Waals surface area contributed by atoms with Gasteiger partial charge in [-0.15, -0.1) is 0 Å². The highest BCUT2D eigenvalue weighted by Gasteiger charge is 2.22. The molecule has 2 aromatic heterocycles. The first-order chi connectivity index (χ1) is 19.7. The van der Waals surface area contributed by atoms with Crippen LogP contribution in [0.5, 0.6) is 11.6 Å². The van der Waals surface area contributed by atoms with E-state index in [-0.39, 0.29) is 11.8 Å². The lowest BCUT2D eigenvalue weighted by atomic mass is 9.88. The molecule has 1 unspecified atom stereocenters. The summed E-state index contributed by atoms with van der Waals surface area (Å²) in [6, 6.07) is 16.1. The van der Waals surface area contributed by atoms with E-state index in [0.29, 0.717) is 23.6 Å². The van der Waals surface area contributed by atoms with E-state index in [4.69, 9.17) is 9.72 Å². The number of amides is 1. The lowest BCUT2D eigenvalue weighted by Crippen LogP contribution is -2.38. The van der Waals surface area contributed by atoms with Gasteiger partial charge in [0, 0.05) is 47.4 Å². The summed E-state index contributed by atoms with van der Waals surface area (Å²) in [6.07, 6.45) is 11.1. The van der Waals surface area contributed by atoms with Crippen LogP contribution in [0.3, 0.4) is 0 Å². The molecule has 1 amide bonds. The molecule has 2 fully saturated rings. The predicted molar refractivity (Wildman–Crippen MR) is 159 cm³/mol. The second kappa shape index (κ2) is 12.0. The maximum Gasteiger partial charge on any atom is 0.228 e. The topological polar surface area (TPSA) is 101 Å². The van der Waals surface area contributed by atoms with E-state index in [1.807, 2.05) is 49.4 Å². The molecule has 1 atom stereocenters. The predicted octanol–water partition coefficient (Wildman–Crippen LogP) is 6.48. The van der Waals surface area contributed by atoms with Crippen LogP contribution in [-0.4, -0.2) is 40.0 Å². The van der Waals surface area contributed by atoms with E-state index < -0.39 is 0 Å². The number of pyridine rings is 1. The Morgan fingerprint density at radius 2 is 1.82 bits per heavy atom. The number of carbonyl (C=O) groups is 1. The Morgan fingerprint density at radius 3 is 2.67 bits per heavy atom. The lowest BCUT2D eigenvalue weighted by Gasteiger charge is -2.23. The SMILES string of the molecule is Cc1ccc2c(NC(=O)C3CCCCC3)cccc2c1Oc1ncccc1-c1ccnc(NC2CCCNC2)n1. The second-order valence-corrected chi connectivity index (χ2v) is 10.8. The maximum atomic E-state index is 13.0. The van der Waals surface area contributed by atoms with Crippen molar-refractivity contribution in [1.82, 2.24) is 20.3 Å². The molecule has 8 heteroatoms. The normalized spacial score (nSPS) is 17.9. The van der Waals surface area contributed by atoms with Crippen molar-refractivity contribution < 1.29 is 9.53 Å². The van der Waals surface area contributed by atoms with Gasteiger partial charge in [0.25, 0.3) is 0 Å². The molecule has 0 bridgehead atoms. The Bertz CT molecular complexity index is 1490. The number of benzene rings is 2. The van der Waals surface area contributed by atoms with Gasteiger partial charge in [-0.1, -0.05) is 43.5 Å². The molecule has 0 radical (unpaired) electrons. The van der Waals surface area contributed by atoms with Gasteiger partial charge in [-0.25, -0.2) is 15.0 Å². The third-order valence-corrected chi connectivity index (χ3v) is 7.97. The minimum Gasteiger partial charge on any atom is -0.437 e. The van der Waals surface area contributed by atoms with E-state index in [1.54, 1.807) is 12.4 Å². The average Bonchev–Trinajstić information content (AvgIpc) is 3.00. The van der Waals surface area contributed by atoms with Gasteiger partial charge < -0.3 is 20.7 Å². The number of hydrogen-bond acceptors (Lipinski definition) is 7. The molecular formula is C32H36N6O2. The molecule has 1 aliphatic heterocycles. The van der Waals surface area contributed by atoms with Gasteiger partial charge in [0.2, 0.25) is 17.7 Å². The number of fused-ring (bicyclic) bond motifs is 1. The van der Waals surface area contributed by atoms with Gasteiger partial charge in [-0.2, -0.15) is 0 Å². The van der Waals surface area contributed by atoms with Crippen LogP contribution < -0.4 is 20.7 Å². The quantitative estimate of drug-likeness (QED) is 0.249. The molecule has 2 aromatic carbocycles. The van der Waals surface area contributed by atoms with Crippen molar-refractivity contribution in [2.45, 2.75) is 57.9 Å². The van der Waals surface area contributed by atoms with Crippen molar-refractivity contribution >= 4 is 28.3 Å². The number of aryl methyl sites for hydroxylation is 1. The number of ether oxygens (including phenoxy) is 1. The van der Waals surface area contributed by atoms with Crippen LogP contribution in [0.25, 0.3) is 22.0 Å². The molecule has 3 heterocycles. The Kier molecular flexibility index (Phi) is 7.86. The zero-order valence-corrected chi connectivity index (χ0v) is 23.0. The standard InChI is InChI=1S/C32H36N6O2/c1-21-14-15-24-25(11-5-13-27(24)37-30(39)22-8-3-2-4-9-22)29(21)40-31-26(12-7-18-34-31)28-16-19-35-32(38-28)36-23-10-6-17-33-20-23/h5,7,11-16,18-19,22-23,33H,2-4,6,8-10,17,20H2,1H3,(H,37,39)(H,35,36,38). The van der Waals surface area contributed by atoms with Gasteiger partial charge in [-0.3, -0.25) is 4.79 Å². The number of aromatic nitrogens is 3. The molecule has 1 saturated carbocycles. The summed E-state index contributed by atoms with van der Waals surface area (Å²) in [4.78, 5) is 26.9. The Balaban J connectivity index is 1.29. The van der Waals surface area contributed by atoms with Crippen LogP contribution in [0.4, 0.5) is 11.6 Å². The van der Waals surface area contributed by atoms with Gasteiger partial charge >= 0.3 is 0 Å². The molecule has 1 aliphatic carbocycles. The molecule has 4 aromatic rings. The first-order valence-corrected chi connectivity index (χ1v) is 14.4. The van der Waals surface area contributed by atoms with Crippen molar-refractivity contribution in [1.29, 1.82) is 0 Å². The summed E-state index contributed by atoms with van der Waals surface area (Å²) in [6.45, 7) is 3.98. The fraction of sp³-hybridized carbons (Fsp3) is 0.375. The highest BCUT2D eigenvalue weighted by Crippen LogP contribution is 2.39. The molecule has 0 spiro atoms. The Hall–Kier alpha value is -4.04. The van der Waals surface area contributed by atoms with Crippen LogP contribution in [0.1, 0.15) is 50.5 Å². The van der Waals surface area contributed by atoms with Crippen LogP contribution in [0, 0.1) is 12.8 Å². The number of carbonyl (C=O) groups excluding carboxylic acids is 1. The monoisotopic (exact) mass is 536 g/mol. The van der Waals surface area contributed by atoms with Crippen molar-refractivity contribution in [3.05, 3.63) is 66.5 Å². The van der Waals surface area contributed by atoms with Crippen LogP contribution in [0.2, 0.25) is 0 Å². The van der Waals surface area contributed by atoms with E-state index in [9.17, 15) is 4.79 Å². The highest BCUT2D eigenvalue weighted by molar-refractivity contribution is 6.05. The van der Waals surface area contributed by atoms with E-state index in [1.165, 1.54) is 6.42 Å². The van der Waals surface area contributed by atoms with E-state index in [0.717, 1.165) is 84.9 Å². The van der Waals surface area contributed by atoms with Crippen LogP contribution >= 0.6 is 0 Å². The van der Waals surface area contributed by atoms with Crippen LogP contribution in [-0.2, 0) is 4.79 Å². The average molecular weight is 537 g/mol. The maximum absolute atomic E-state index is 13.0. The Labute approximate surface area is 235 Å². The van der Waals surface area contributed by atoms with Crippen molar-refractivity contribution in [3.63, 3.8) is 0 Å². The summed E-state index contributed by atoms with van der Waals surface area (Å²) >= 11 is 0. The minimum atomic E-state index is 0.0860. The van der Waals surface area contributed by atoms with Gasteiger partial charge in [0.05, 0.1) is 11.3 Å². The fourth-order valence-electron chi connectivity index (χ4n) is 5.78. The Morgan fingerprint density at radius 1 is 0.925 bits per heavy atom. The number of anilines is 2. The summed E-state index contributed by atoms with van der Waals surface area (Å²) in [7, 11) is 0. The minimum absolute atomic E-state index is 0.0860. The van der Waals surface area contributed by atoms with Crippen molar-refractivity contribution in [2.75, 3.05) is 23.7 Å². The molecule has 1 saturated heterocycles. The largest absolute Gasteiger partial charge is 0.437 e. The molecule has 6 rings (SSSR count). The van der Waals surface area contributed by atoms with Crippen molar-refractivity contribution in [2.24, 2.45) is 5.92 Å². The van der Waals surface area contributed by atoms with Crippen LogP contribution in [0.15, 0.2) is 60.9 Å². The molecule has 2 aliphatic rings. The zero-order chi connectivity index (χ0) is 27.3. The highest BCUT2D eigenvalue weighted by atomic mass is 16.5. The first kappa shape index (κ1) is 26.2. The number of nitrogens with one attached hydrogen (secondary N) is 3. The van der Waals surface area contributed by atoms with Gasteiger partial charge in [0.1, 0.15) is 5.75 Å². The van der Waals surface area contributed by atoms with Gasteiger partial charge in [0.15, 0.2) is 0 Å². The molecule has 40 heavy (non-hydrogen) atoms. The summed E-state index contributed by atoms with van der Waals surface area (Å²) in [5, 5.41) is 11.9. The molecule has 3 N–H and O–H groups in total. The summed E-state index contributed by atoms with van der Waals surface area (Å²) in [5.74, 6) is 1.98. The molecular weight excluding hydrogens is 500 g/mol. The molecule has 206 valence electrons. The summed E-state index contributed by atoms with van der Waals surface area (Å²) < 4.78 is 6.56. The zero-order valence-electron chi connectivity index (χ0n) is 23.0. The number of nitrogens with zero attached hydrogens (tertiary/aromatic N) is 3. The molecule has 8 nitrogen and oxygen atoms in total. The lowest BCUT2D eigenvalue weighted by molar-refractivity contribution is -0.120. The van der Waals surface area contributed by atoms with E-state index in [2.05, 4.69) is 32.0 Å². The summed E-state index contributed by atoms with van der Waals surface area (Å²) in [5.41, 5.74) is 3.31. The third kappa shape index (κ3) is 5.77. The fourth-order valence-corrected chi connectivity index (χ4v) is 5.78. The smallest absolute Gasteiger partial charge is 0.228 e. The number of piperidine rings is 1.